The van der Waals surface area contributed by atoms with Gasteiger partial charge in [-0.25, -0.2) is 0 Å². The fourth-order valence-corrected chi connectivity index (χ4v) is 3.24. The van der Waals surface area contributed by atoms with E-state index in [9.17, 15) is 4.79 Å². The number of carbonyl (C=O) groups excluding carboxylic acids is 1. The molecule has 0 radical (unpaired) electrons. The highest BCUT2D eigenvalue weighted by atomic mass is 79.9. The van der Waals surface area contributed by atoms with Crippen molar-refractivity contribution in [3.05, 3.63) is 45.7 Å². The molecular formula is C15H16BrClN4O. The molecule has 7 heteroatoms. The first-order valence-electron chi connectivity index (χ1n) is 7.00. The Morgan fingerprint density at radius 3 is 3.00 bits per heavy atom. The maximum atomic E-state index is 12.6. The molecule has 1 aliphatic heterocycles. The number of benzene rings is 1. The van der Waals surface area contributed by atoms with Crippen molar-refractivity contribution < 1.29 is 4.79 Å². The number of aryl methyl sites for hydroxylation is 1. The maximum Gasteiger partial charge on any atom is 0.229 e. The average Bonchev–Trinajstić information content (AvgIpc) is 3.11. The number of halogens is 2. The van der Waals surface area contributed by atoms with Gasteiger partial charge in [0.05, 0.1) is 17.1 Å². The minimum atomic E-state index is -0.112. The van der Waals surface area contributed by atoms with Crippen LogP contribution >= 0.6 is 27.5 Å². The molecule has 2 heterocycles. The zero-order valence-electron chi connectivity index (χ0n) is 12.0. The zero-order chi connectivity index (χ0) is 15.7. The second kappa shape index (κ2) is 6.40. The van der Waals surface area contributed by atoms with E-state index in [1.54, 1.807) is 16.8 Å². The Balaban J connectivity index is 1.74. The van der Waals surface area contributed by atoms with Gasteiger partial charge >= 0.3 is 0 Å². The Kier molecular flexibility index (Phi) is 4.52. The first kappa shape index (κ1) is 15.5. The Morgan fingerprint density at radius 1 is 1.50 bits per heavy atom. The number of hydrogen-bond donors (Lipinski definition) is 2. The van der Waals surface area contributed by atoms with Crippen LogP contribution < -0.4 is 10.6 Å². The summed E-state index contributed by atoms with van der Waals surface area (Å²) in [5.74, 6) is 0.0381. The summed E-state index contributed by atoms with van der Waals surface area (Å²) in [4.78, 5) is 12.6. The van der Waals surface area contributed by atoms with Crippen molar-refractivity contribution in [3.8, 4) is 0 Å². The number of anilines is 1. The molecule has 1 aromatic heterocycles. The summed E-state index contributed by atoms with van der Waals surface area (Å²) < 4.78 is 2.53. The molecule has 2 N–H and O–H groups in total. The van der Waals surface area contributed by atoms with E-state index in [1.807, 2.05) is 25.5 Å². The number of amides is 1. The summed E-state index contributed by atoms with van der Waals surface area (Å²) in [5, 5.41) is 11.1. The molecule has 1 amide bonds. The van der Waals surface area contributed by atoms with Crippen LogP contribution in [0.1, 0.15) is 11.5 Å². The highest BCUT2D eigenvalue weighted by molar-refractivity contribution is 9.10. The van der Waals surface area contributed by atoms with Crippen molar-refractivity contribution in [1.29, 1.82) is 0 Å². The Bertz CT molecular complexity index is 703. The van der Waals surface area contributed by atoms with Gasteiger partial charge in [-0.1, -0.05) is 11.6 Å². The summed E-state index contributed by atoms with van der Waals surface area (Å²) in [6.07, 6.45) is 3.80. The summed E-state index contributed by atoms with van der Waals surface area (Å²) >= 11 is 9.34. The molecular weight excluding hydrogens is 368 g/mol. The van der Waals surface area contributed by atoms with Crippen LogP contribution in [-0.4, -0.2) is 28.8 Å². The molecule has 1 aliphatic rings. The zero-order valence-corrected chi connectivity index (χ0v) is 14.4. The third-order valence-corrected chi connectivity index (χ3v) is 5.11. The molecule has 22 heavy (non-hydrogen) atoms. The van der Waals surface area contributed by atoms with Crippen LogP contribution in [0.25, 0.3) is 0 Å². The first-order valence-corrected chi connectivity index (χ1v) is 8.17. The fraction of sp³-hybridized carbons (Fsp3) is 0.333. The maximum absolute atomic E-state index is 12.6. The van der Waals surface area contributed by atoms with Crippen LogP contribution in [-0.2, 0) is 11.8 Å². The third kappa shape index (κ3) is 3.19. The third-order valence-electron chi connectivity index (χ3n) is 3.89. The minimum absolute atomic E-state index is 0.00748. The van der Waals surface area contributed by atoms with E-state index in [0.29, 0.717) is 11.6 Å². The second-order valence-corrected chi connectivity index (χ2v) is 6.70. The van der Waals surface area contributed by atoms with Crippen LogP contribution in [0.4, 0.5) is 5.69 Å². The first-order chi connectivity index (χ1) is 10.5. The van der Waals surface area contributed by atoms with Gasteiger partial charge in [0.15, 0.2) is 0 Å². The van der Waals surface area contributed by atoms with Crippen molar-refractivity contribution in [2.75, 3.05) is 18.4 Å². The standard InChI is InChI=1S/C15H16BrClN4O/c1-21-8-9(5-19-21)11-6-18-7-12(11)15(22)20-10-2-3-14(17)13(16)4-10/h2-5,8,11-12,18H,6-7H2,1H3,(H,20,22)/t11-,12+/m1/s1. The highest BCUT2D eigenvalue weighted by Crippen LogP contribution is 2.30. The quantitative estimate of drug-likeness (QED) is 0.857. The molecule has 1 aromatic carbocycles. The van der Waals surface area contributed by atoms with E-state index in [2.05, 4.69) is 31.7 Å². The largest absolute Gasteiger partial charge is 0.326 e. The molecule has 0 spiro atoms. The number of hydrogen-bond acceptors (Lipinski definition) is 3. The predicted octanol–water partition coefficient (Wildman–Crippen LogP) is 2.78. The lowest BCUT2D eigenvalue weighted by Crippen LogP contribution is -2.28. The summed E-state index contributed by atoms with van der Waals surface area (Å²) in [5.41, 5.74) is 1.82. The van der Waals surface area contributed by atoms with Crippen molar-refractivity contribution in [2.24, 2.45) is 13.0 Å². The summed E-state index contributed by atoms with van der Waals surface area (Å²) in [7, 11) is 1.88. The number of nitrogens with zero attached hydrogens (tertiary/aromatic N) is 2. The SMILES string of the molecule is Cn1cc([C@H]2CNC[C@@H]2C(=O)Nc2ccc(Cl)c(Br)c2)cn1. The molecule has 0 saturated carbocycles. The molecule has 0 unspecified atom stereocenters. The van der Waals surface area contributed by atoms with Crippen molar-refractivity contribution in [3.63, 3.8) is 0 Å². The number of carbonyl (C=O) groups is 1. The van der Waals surface area contributed by atoms with E-state index < -0.39 is 0 Å². The normalized spacial score (nSPS) is 21.0. The number of nitrogens with one attached hydrogen (secondary N) is 2. The Hall–Kier alpha value is -1.37. The van der Waals surface area contributed by atoms with E-state index in [4.69, 9.17) is 11.6 Å². The molecule has 0 aliphatic carbocycles. The summed E-state index contributed by atoms with van der Waals surface area (Å²) in [6, 6.07) is 5.36. The van der Waals surface area contributed by atoms with Crippen LogP contribution in [0.3, 0.4) is 0 Å². The molecule has 2 aromatic rings. The predicted molar refractivity (Wildman–Crippen MR) is 90.1 cm³/mol. The van der Waals surface area contributed by atoms with Gasteiger partial charge < -0.3 is 10.6 Å². The van der Waals surface area contributed by atoms with Crippen molar-refractivity contribution >= 4 is 39.1 Å². The van der Waals surface area contributed by atoms with E-state index in [1.165, 1.54) is 0 Å². The summed E-state index contributed by atoms with van der Waals surface area (Å²) in [6.45, 7) is 1.45. The number of aromatic nitrogens is 2. The Morgan fingerprint density at radius 2 is 2.32 bits per heavy atom. The minimum Gasteiger partial charge on any atom is -0.326 e. The monoisotopic (exact) mass is 382 g/mol. The van der Waals surface area contributed by atoms with Crippen LogP contribution in [0, 0.1) is 5.92 Å². The highest BCUT2D eigenvalue weighted by Gasteiger charge is 2.34. The van der Waals surface area contributed by atoms with Crippen molar-refractivity contribution in [2.45, 2.75) is 5.92 Å². The molecule has 3 rings (SSSR count). The van der Waals surface area contributed by atoms with Crippen LogP contribution in [0.5, 0.6) is 0 Å². The average molecular weight is 384 g/mol. The van der Waals surface area contributed by atoms with E-state index >= 15 is 0 Å². The smallest absolute Gasteiger partial charge is 0.229 e. The van der Waals surface area contributed by atoms with Gasteiger partial charge in [0.1, 0.15) is 0 Å². The van der Waals surface area contributed by atoms with Crippen LogP contribution in [0.2, 0.25) is 5.02 Å². The van der Waals surface area contributed by atoms with Gasteiger partial charge in [0.2, 0.25) is 5.91 Å². The van der Waals surface area contributed by atoms with Gasteiger partial charge in [-0.15, -0.1) is 0 Å². The van der Waals surface area contributed by atoms with Gasteiger partial charge in [-0.05, 0) is 39.7 Å². The molecule has 1 fully saturated rings. The fourth-order valence-electron chi connectivity index (χ4n) is 2.74. The van der Waals surface area contributed by atoms with Gasteiger partial charge in [-0.3, -0.25) is 9.48 Å². The molecule has 1 saturated heterocycles. The second-order valence-electron chi connectivity index (χ2n) is 5.44. The van der Waals surface area contributed by atoms with Gasteiger partial charge in [0, 0.05) is 42.4 Å². The van der Waals surface area contributed by atoms with Gasteiger partial charge in [0.25, 0.3) is 0 Å². The molecule has 0 bridgehead atoms. The lowest BCUT2D eigenvalue weighted by Gasteiger charge is -2.17. The molecule has 5 nitrogen and oxygen atoms in total. The Labute approximate surface area is 142 Å². The molecule has 2 atom stereocenters. The van der Waals surface area contributed by atoms with E-state index in [0.717, 1.165) is 22.3 Å². The van der Waals surface area contributed by atoms with Crippen LogP contribution in [0.15, 0.2) is 35.1 Å². The topological polar surface area (TPSA) is 59.0 Å². The number of rotatable bonds is 3. The molecule has 116 valence electrons. The van der Waals surface area contributed by atoms with Gasteiger partial charge in [-0.2, -0.15) is 5.10 Å². The lowest BCUT2D eigenvalue weighted by atomic mass is 9.90. The van der Waals surface area contributed by atoms with E-state index in [-0.39, 0.29) is 17.7 Å². The lowest BCUT2D eigenvalue weighted by molar-refractivity contribution is -0.119. The van der Waals surface area contributed by atoms with Crippen molar-refractivity contribution in [1.82, 2.24) is 15.1 Å².